The lowest BCUT2D eigenvalue weighted by Crippen LogP contribution is -2.70. The molecule has 0 spiro atoms. The van der Waals surface area contributed by atoms with Gasteiger partial charge in [0.2, 0.25) is 5.91 Å². The summed E-state index contributed by atoms with van der Waals surface area (Å²) in [4.78, 5) is 39.8. The van der Waals surface area contributed by atoms with Crippen LogP contribution >= 0.6 is 0 Å². The Bertz CT molecular complexity index is 807. The standard InChI is InChI=1S/C23H35N3O5/c1-22(2,3)31-20(28)25-5-4-14-11-26(21(29)30,12-17(14)25)18-15-6-13-7-16(18)10-23(8-13,9-15)19(24)27/h13-18H,4-12H2,1-3H3,(H2-,24,27,29,30)/p+1. The summed E-state index contributed by atoms with van der Waals surface area (Å²) in [5.41, 5.74) is 4.85. The van der Waals surface area contributed by atoms with Gasteiger partial charge in [0.15, 0.2) is 0 Å². The van der Waals surface area contributed by atoms with E-state index in [0.29, 0.717) is 25.6 Å². The molecule has 8 nitrogen and oxygen atoms in total. The van der Waals surface area contributed by atoms with Crippen LogP contribution in [0.25, 0.3) is 0 Å². The van der Waals surface area contributed by atoms with Gasteiger partial charge in [0, 0.05) is 24.3 Å². The van der Waals surface area contributed by atoms with Crippen LogP contribution in [-0.2, 0) is 9.53 Å². The molecule has 0 radical (unpaired) electrons. The first-order chi connectivity index (χ1) is 14.4. The van der Waals surface area contributed by atoms with E-state index in [1.54, 1.807) is 4.90 Å². The van der Waals surface area contributed by atoms with Crippen molar-refractivity contribution in [2.75, 3.05) is 19.6 Å². The first-order valence-electron chi connectivity index (χ1n) is 11.8. The molecule has 172 valence electrons. The number of primary amides is 1. The number of rotatable bonds is 2. The maximum Gasteiger partial charge on any atom is 0.513 e. The molecule has 3 amide bonds. The normalized spacial score (nSPS) is 45.6. The van der Waals surface area contributed by atoms with E-state index in [-0.39, 0.29) is 46.3 Å². The van der Waals surface area contributed by atoms with Gasteiger partial charge in [-0.15, -0.1) is 0 Å². The Kier molecular flexibility index (Phi) is 4.47. The zero-order valence-electron chi connectivity index (χ0n) is 18.9. The highest BCUT2D eigenvalue weighted by Crippen LogP contribution is 2.62. The average Bonchev–Trinajstić information content (AvgIpc) is 3.17. The summed E-state index contributed by atoms with van der Waals surface area (Å²) < 4.78 is 5.67. The van der Waals surface area contributed by atoms with Crippen molar-refractivity contribution in [3.63, 3.8) is 0 Å². The van der Waals surface area contributed by atoms with Crippen molar-refractivity contribution >= 4 is 18.1 Å². The second kappa shape index (κ2) is 6.59. The Morgan fingerprint density at radius 2 is 1.71 bits per heavy atom. The van der Waals surface area contributed by atoms with E-state index in [4.69, 9.17) is 10.5 Å². The molecular formula is C23H36N3O5+. The zero-order valence-corrected chi connectivity index (χ0v) is 18.9. The van der Waals surface area contributed by atoms with Crippen molar-refractivity contribution in [3.8, 4) is 0 Å². The molecule has 2 heterocycles. The van der Waals surface area contributed by atoms with Crippen LogP contribution in [-0.4, -0.2) is 69.9 Å². The van der Waals surface area contributed by atoms with Gasteiger partial charge in [0.05, 0.1) is 18.0 Å². The average molecular weight is 435 g/mol. The summed E-state index contributed by atoms with van der Waals surface area (Å²) >= 11 is 0. The second-order valence-electron chi connectivity index (χ2n) is 12.1. The van der Waals surface area contributed by atoms with Gasteiger partial charge in [-0.1, -0.05) is 0 Å². The lowest BCUT2D eigenvalue weighted by atomic mass is 9.47. The van der Waals surface area contributed by atoms with E-state index < -0.39 is 17.1 Å². The number of carboxylic acid groups (broad SMARTS) is 1. The van der Waals surface area contributed by atoms with Gasteiger partial charge in [-0.2, -0.15) is 4.79 Å². The summed E-state index contributed by atoms with van der Waals surface area (Å²) in [6.07, 6.45) is 4.09. The third-order valence-electron chi connectivity index (χ3n) is 9.08. The zero-order chi connectivity index (χ0) is 22.3. The van der Waals surface area contributed by atoms with Gasteiger partial charge in [0.1, 0.15) is 18.2 Å². The van der Waals surface area contributed by atoms with Crippen LogP contribution in [0.2, 0.25) is 0 Å². The summed E-state index contributed by atoms with van der Waals surface area (Å²) in [6, 6.07) is -0.0687. The lowest BCUT2D eigenvalue weighted by Gasteiger charge is -2.61. The van der Waals surface area contributed by atoms with E-state index in [2.05, 4.69) is 0 Å². The number of fused-ring (bicyclic) bond motifs is 1. The van der Waals surface area contributed by atoms with Gasteiger partial charge in [-0.05, 0) is 65.2 Å². The van der Waals surface area contributed by atoms with E-state index in [1.165, 1.54) is 0 Å². The molecule has 6 aliphatic rings. The van der Waals surface area contributed by atoms with Crippen LogP contribution in [0, 0.1) is 29.1 Å². The molecular weight excluding hydrogens is 398 g/mol. The fourth-order valence-corrected chi connectivity index (χ4v) is 8.39. The number of likely N-dealkylation sites (tertiary alicyclic amines) is 2. The smallest absolute Gasteiger partial charge is 0.444 e. The molecule has 3 N–H and O–H groups in total. The molecule has 8 heteroatoms. The second-order valence-corrected chi connectivity index (χ2v) is 12.1. The number of nitrogens with two attached hydrogens (primary N) is 1. The molecule has 2 saturated heterocycles. The first kappa shape index (κ1) is 21.0. The monoisotopic (exact) mass is 434 g/mol. The molecule has 0 aromatic carbocycles. The lowest BCUT2D eigenvalue weighted by molar-refractivity contribution is -0.885. The molecule has 5 unspecified atom stereocenters. The number of amides is 3. The predicted molar refractivity (Wildman–Crippen MR) is 112 cm³/mol. The number of quaternary nitrogens is 1. The third kappa shape index (κ3) is 3.08. The van der Waals surface area contributed by atoms with Crippen molar-refractivity contribution in [3.05, 3.63) is 0 Å². The molecule has 4 saturated carbocycles. The van der Waals surface area contributed by atoms with Crippen molar-refractivity contribution in [1.29, 1.82) is 0 Å². The third-order valence-corrected chi connectivity index (χ3v) is 9.08. The van der Waals surface area contributed by atoms with Gasteiger partial charge in [-0.3, -0.25) is 9.69 Å². The van der Waals surface area contributed by atoms with Gasteiger partial charge < -0.3 is 15.6 Å². The SMILES string of the molecule is CC(C)(C)OC(=O)N1CCC2C[N+](C(=O)O)(C3C4CC5CC3CC(C(N)=O)(C5)C4)CC21. The quantitative estimate of drug-likeness (QED) is 0.650. The summed E-state index contributed by atoms with van der Waals surface area (Å²) in [7, 11) is 0. The highest BCUT2D eigenvalue weighted by atomic mass is 16.6. The van der Waals surface area contributed by atoms with Crippen molar-refractivity contribution in [1.82, 2.24) is 4.90 Å². The molecule has 4 bridgehead atoms. The van der Waals surface area contributed by atoms with Crippen LogP contribution in [0.4, 0.5) is 9.59 Å². The van der Waals surface area contributed by atoms with E-state index in [0.717, 1.165) is 38.5 Å². The topological polar surface area (TPSA) is 110 Å². The Morgan fingerprint density at radius 1 is 1.06 bits per heavy atom. The molecule has 5 atom stereocenters. The first-order valence-corrected chi connectivity index (χ1v) is 11.8. The van der Waals surface area contributed by atoms with Crippen molar-refractivity contribution in [2.24, 2.45) is 34.8 Å². The maximum absolute atomic E-state index is 12.8. The molecule has 6 rings (SSSR count). The van der Waals surface area contributed by atoms with Crippen LogP contribution in [0.1, 0.15) is 59.3 Å². The largest absolute Gasteiger partial charge is 0.513 e. The molecule has 0 aromatic rings. The summed E-state index contributed by atoms with van der Waals surface area (Å²) in [5.74, 6) is 0.940. The van der Waals surface area contributed by atoms with E-state index in [9.17, 15) is 19.5 Å². The number of hydrogen-bond donors (Lipinski definition) is 2. The Labute approximate surface area is 183 Å². The number of hydrogen-bond acceptors (Lipinski definition) is 4. The number of carbonyl (C=O) groups excluding carboxylic acids is 2. The molecule has 0 aromatic heterocycles. The minimum absolute atomic E-state index is 0.0209. The maximum atomic E-state index is 12.8. The van der Waals surface area contributed by atoms with Crippen LogP contribution in [0.15, 0.2) is 0 Å². The summed E-state index contributed by atoms with van der Waals surface area (Å²) in [5, 5.41) is 10.5. The molecule has 6 fully saturated rings. The number of carbonyl (C=O) groups is 3. The van der Waals surface area contributed by atoms with E-state index >= 15 is 0 Å². The fourth-order valence-electron chi connectivity index (χ4n) is 8.39. The fraction of sp³-hybridized carbons (Fsp3) is 0.870. The minimum Gasteiger partial charge on any atom is -0.444 e. The highest BCUT2D eigenvalue weighted by Gasteiger charge is 2.68. The Hall–Kier alpha value is -1.83. The number of ether oxygens (including phenoxy) is 1. The van der Waals surface area contributed by atoms with Gasteiger partial charge >= 0.3 is 12.2 Å². The minimum atomic E-state index is -0.774. The number of nitrogens with zero attached hydrogens (tertiary/aromatic N) is 2. The van der Waals surface area contributed by atoms with Gasteiger partial charge in [0.25, 0.3) is 0 Å². The van der Waals surface area contributed by atoms with Crippen LogP contribution < -0.4 is 5.73 Å². The van der Waals surface area contributed by atoms with Crippen molar-refractivity contribution in [2.45, 2.75) is 77.0 Å². The van der Waals surface area contributed by atoms with Crippen molar-refractivity contribution < 1.29 is 28.7 Å². The molecule has 2 aliphatic heterocycles. The highest BCUT2D eigenvalue weighted by molar-refractivity contribution is 5.81. The molecule has 31 heavy (non-hydrogen) atoms. The summed E-state index contributed by atoms with van der Waals surface area (Å²) in [6.45, 7) is 7.22. The Morgan fingerprint density at radius 3 is 2.26 bits per heavy atom. The molecule has 4 aliphatic carbocycles. The van der Waals surface area contributed by atoms with Crippen LogP contribution in [0.3, 0.4) is 0 Å². The Balaban J connectivity index is 1.42. The van der Waals surface area contributed by atoms with E-state index in [1.807, 2.05) is 20.8 Å². The predicted octanol–water partition coefficient (Wildman–Crippen LogP) is 2.80. The van der Waals surface area contributed by atoms with Gasteiger partial charge in [-0.25, -0.2) is 9.28 Å². The van der Waals surface area contributed by atoms with Crippen LogP contribution in [0.5, 0.6) is 0 Å².